The number of amides is 1. The van der Waals surface area contributed by atoms with Crippen LogP contribution in [0.5, 0.6) is 0 Å². The van der Waals surface area contributed by atoms with Gasteiger partial charge in [0.15, 0.2) is 5.11 Å². The summed E-state index contributed by atoms with van der Waals surface area (Å²) in [6.45, 7) is 5.35. The fraction of sp³-hybridized carbons (Fsp3) is 0.263. The first-order valence-electron chi connectivity index (χ1n) is 8.63. The number of rotatable bonds is 6. The number of carbonyl (C=O) groups excluding carboxylic acids is 3. The summed E-state index contributed by atoms with van der Waals surface area (Å²) in [6, 6.07) is 6.27. The Morgan fingerprint density at radius 1 is 1.07 bits per heavy atom. The van der Waals surface area contributed by atoms with E-state index in [-0.39, 0.29) is 33.8 Å². The van der Waals surface area contributed by atoms with Gasteiger partial charge in [-0.1, -0.05) is 11.6 Å². The molecule has 0 spiro atoms. The maximum atomic E-state index is 12.4. The van der Waals surface area contributed by atoms with E-state index in [1.807, 2.05) is 0 Å². The Morgan fingerprint density at radius 3 is 2.24 bits per heavy atom. The lowest BCUT2D eigenvalue weighted by molar-refractivity contribution is 0.0527. The molecule has 1 aromatic heterocycles. The van der Waals surface area contributed by atoms with Crippen molar-refractivity contribution in [1.29, 1.82) is 0 Å². The molecule has 154 valence electrons. The summed E-state index contributed by atoms with van der Waals surface area (Å²) < 4.78 is 10.1. The van der Waals surface area contributed by atoms with Gasteiger partial charge in [0.2, 0.25) is 0 Å². The van der Waals surface area contributed by atoms with Crippen molar-refractivity contribution in [2.24, 2.45) is 0 Å². The van der Waals surface area contributed by atoms with Crippen LogP contribution in [0.2, 0.25) is 5.02 Å². The summed E-state index contributed by atoms with van der Waals surface area (Å²) >= 11 is 12.0. The molecule has 0 radical (unpaired) electrons. The van der Waals surface area contributed by atoms with Crippen LogP contribution in [0.3, 0.4) is 0 Å². The zero-order chi connectivity index (χ0) is 21.6. The molecule has 0 aliphatic heterocycles. The molecule has 0 unspecified atom stereocenters. The molecular formula is C19H19ClN2O5S2. The van der Waals surface area contributed by atoms with Crippen LogP contribution in [0.1, 0.15) is 49.8 Å². The minimum Gasteiger partial charge on any atom is -0.462 e. The number of hydrogen-bond acceptors (Lipinski definition) is 7. The summed E-state index contributed by atoms with van der Waals surface area (Å²) in [6.07, 6.45) is 0. The molecule has 29 heavy (non-hydrogen) atoms. The predicted molar refractivity (Wildman–Crippen MR) is 116 cm³/mol. The molecular weight excluding hydrogens is 436 g/mol. The first-order valence-corrected chi connectivity index (χ1v) is 10.2. The molecule has 1 aromatic carbocycles. The molecule has 2 rings (SSSR count). The Labute approximate surface area is 182 Å². The van der Waals surface area contributed by atoms with Crippen molar-refractivity contribution in [3.63, 3.8) is 0 Å². The Morgan fingerprint density at radius 2 is 1.66 bits per heavy atom. The highest BCUT2D eigenvalue weighted by molar-refractivity contribution is 7.80. The average molecular weight is 455 g/mol. The number of hydrogen-bond donors (Lipinski definition) is 2. The summed E-state index contributed by atoms with van der Waals surface area (Å²) in [5.41, 5.74) is 0.947. The largest absolute Gasteiger partial charge is 0.462 e. The maximum Gasteiger partial charge on any atom is 0.348 e. The van der Waals surface area contributed by atoms with Gasteiger partial charge in [0, 0.05) is 10.6 Å². The van der Waals surface area contributed by atoms with Crippen LogP contribution in [0.25, 0.3) is 0 Å². The quantitative estimate of drug-likeness (QED) is 0.499. The van der Waals surface area contributed by atoms with Crippen LogP contribution in [-0.4, -0.2) is 36.2 Å². The molecule has 0 aliphatic rings. The van der Waals surface area contributed by atoms with Crippen LogP contribution in [0.4, 0.5) is 5.00 Å². The molecule has 2 aromatic rings. The monoisotopic (exact) mass is 454 g/mol. The molecule has 0 atom stereocenters. The molecule has 0 saturated carbocycles. The highest BCUT2D eigenvalue weighted by Crippen LogP contribution is 2.34. The fourth-order valence-electron chi connectivity index (χ4n) is 2.35. The number of thiocarbonyl (C=S) groups is 1. The van der Waals surface area contributed by atoms with Gasteiger partial charge in [-0.15, -0.1) is 11.3 Å². The van der Waals surface area contributed by atoms with Crippen molar-refractivity contribution >= 4 is 63.1 Å². The second-order valence-corrected chi connectivity index (χ2v) is 7.48. The van der Waals surface area contributed by atoms with Crippen molar-refractivity contribution in [1.82, 2.24) is 5.32 Å². The maximum absolute atomic E-state index is 12.4. The second-order valence-electron chi connectivity index (χ2n) is 5.62. The smallest absolute Gasteiger partial charge is 0.348 e. The number of ether oxygens (including phenoxy) is 2. The van der Waals surface area contributed by atoms with Crippen LogP contribution >= 0.6 is 35.2 Å². The summed E-state index contributed by atoms with van der Waals surface area (Å²) in [4.78, 5) is 37.1. The van der Waals surface area contributed by atoms with E-state index in [4.69, 9.17) is 33.3 Å². The van der Waals surface area contributed by atoms with E-state index >= 15 is 0 Å². The zero-order valence-electron chi connectivity index (χ0n) is 16.0. The van der Waals surface area contributed by atoms with Gasteiger partial charge in [-0.2, -0.15) is 0 Å². The van der Waals surface area contributed by atoms with Gasteiger partial charge < -0.3 is 14.8 Å². The van der Waals surface area contributed by atoms with Gasteiger partial charge in [-0.05, 0) is 62.8 Å². The van der Waals surface area contributed by atoms with Crippen LogP contribution in [0.15, 0.2) is 24.3 Å². The lowest BCUT2D eigenvalue weighted by Crippen LogP contribution is -2.34. The normalized spacial score (nSPS) is 10.2. The zero-order valence-corrected chi connectivity index (χ0v) is 18.3. The highest BCUT2D eigenvalue weighted by Gasteiger charge is 2.27. The highest BCUT2D eigenvalue weighted by atomic mass is 35.5. The van der Waals surface area contributed by atoms with E-state index in [1.54, 1.807) is 45.0 Å². The topological polar surface area (TPSA) is 93.7 Å². The van der Waals surface area contributed by atoms with Crippen LogP contribution in [-0.2, 0) is 9.47 Å². The van der Waals surface area contributed by atoms with Gasteiger partial charge in [0.05, 0.1) is 18.8 Å². The van der Waals surface area contributed by atoms with E-state index < -0.39 is 17.8 Å². The minimum absolute atomic E-state index is 0.0350. The number of nitrogens with one attached hydrogen (secondary N) is 2. The third-order valence-corrected chi connectivity index (χ3v) is 5.29. The number of thiophene rings is 1. The molecule has 7 nitrogen and oxygen atoms in total. The third kappa shape index (κ3) is 5.75. The molecule has 2 N–H and O–H groups in total. The summed E-state index contributed by atoms with van der Waals surface area (Å²) in [7, 11) is 0. The second kappa shape index (κ2) is 10.3. The van der Waals surface area contributed by atoms with Crippen LogP contribution in [0, 0.1) is 6.92 Å². The van der Waals surface area contributed by atoms with E-state index in [2.05, 4.69) is 10.6 Å². The standard InChI is InChI=1S/C19H19ClN2O5S2/c1-4-26-17(24)13-10(3)14(18(25)27-5-2)29-16(13)22-19(28)21-15(23)11-6-8-12(20)9-7-11/h6-9H,4-5H2,1-3H3,(H2,21,22,23,28). The first-order chi connectivity index (χ1) is 13.8. The number of esters is 2. The van der Waals surface area contributed by atoms with Gasteiger partial charge in [-0.3, -0.25) is 10.1 Å². The van der Waals surface area contributed by atoms with Crippen molar-refractivity contribution in [3.8, 4) is 0 Å². The Bertz CT molecular complexity index is 941. The minimum atomic E-state index is -0.605. The van der Waals surface area contributed by atoms with E-state index in [1.165, 1.54) is 0 Å². The fourth-order valence-corrected chi connectivity index (χ4v) is 3.83. The first kappa shape index (κ1) is 22.8. The third-order valence-electron chi connectivity index (χ3n) is 3.65. The Hall–Kier alpha value is -2.49. The van der Waals surface area contributed by atoms with Gasteiger partial charge >= 0.3 is 11.9 Å². The van der Waals surface area contributed by atoms with Gasteiger partial charge in [-0.25, -0.2) is 9.59 Å². The Balaban J connectivity index is 2.25. The molecule has 0 bridgehead atoms. The predicted octanol–water partition coefficient (Wildman–Crippen LogP) is 4.19. The van der Waals surface area contributed by atoms with Gasteiger partial charge in [0.25, 0.3) is 5.91 Å². The van der Waals surface area contributed by atoms with Crippen LogP contribution < -0.4 is 10.6 Å². The summed E-state index contributed by atoms with van der Waals surface area (Å²) in [5.74, 6) is -1.61. The molecule has 0 aliphatic carbocycles. The van der Waals surface area contributed by atoms with E-state index in [9.17, 15) is 14.4 Å². The van der Waals surface area contributed by atoms with Gasteiger partial charge in [0.1, 0.15) is 9.88 Å². The number of anilines is 1. The molecule has 1 amide bonds. The number of benzene rings is 1. The van der Waals surface area contributed by atoms with Crippen molar-refractivity contribution in [3.05, 3.63) is 50.9 Å². The Kier molecular flexibility index (Phi) is 8.12. The molecule has 10 heteroatoms. The lowest BCUT2D eigenvalue weighted by atomic mass is 10.1. The molecule has 0 fully saturated rings. The number of carbonyl (C=O) groups is 3. The van der Waals surface area contributed by atoms with Crippen molar-refractivity contribution in [2.75, 3.05) is 18.5 Å². The number of halogens is 1. The molecule has 0 saturated heterocycles. The van der Waals surface area contributed by atoms with Crippen molar-refractivity contribution in [2.45, 2.75) is 20.8 Å². The summed E-state index contributed by atoms with van der Waals surface area (Å²) in [5, 5.41) is 6.08. The molecule has 1 heterocycles. The lowest BCUT2D eigenvalue weighted by Gasteiger charge is -2.10. The van der Waals surface area contributed by atoms with Crippen molar-refractivity contribution < 1.29 is 23.9 Å². The average Bonchev–Trinajstić information content (AvgIpc) is 2.98. The van der Waals surface area contributed by atoms with E-state index in [0.717, 1.165) is 11.3 Å². The SMILES string of the molecule is CCOC(=O)c1sc(NC(=S)NC(=O)c2ccc(Cl)cc2)c(C(=O)OCC)c1C. The van der Waals surface area contributed by atoms with E-state index in [0.29, 0.717) is 16.1 Å².